The summed E-state index contributed by atoms with van der Waals surface area (Å²) in [6.45, 7) is 4.08. The molecule has 146 valence electrons. The topological polar surface area (TPSA) is 139 Å². The van der Waals surface area contributed by atoms with Crippen LogP contribution < -0.4 is 10.7 Å². The van der Waals surface area contributed by atoms with Gasteiger partial charge < -0.3 is 5.32 Å². The Kier molecular flexibility index (Phi) is 4.59. The van der Waals surface area contributed by atoms with Crippen LogP contribution in [0.5, 0.6) is 0 Å². The molecule has 0 aliphatic carbocycles. The summed E-state index contributed by atoms with van der Waals surface area (Å²) in [6, 6.07) is 7.86. The minimum absolute atomic E-state index is 0.168. The molecule has 11 heteroatoms. The molecule has 1 fully saturated rings. The lowest BCUT2D eigenvalue weighted by Gasteiger charge is -2.22. The van der Waals surface area contributed by atoms with Gasteiger partial charge in [0.05, 0.1) is 4.92 Å². The van der Waals surface area contributed by atoms with Gasteiger partial charge in [0.15, 0.2) is 0 Å². The van der Waals surface area contributed by atoms with Gasteiger partial charge in [-0.25, -0.2) is 4.79 Å². The van der Waals surface area contributed by atoms with Crippen molar-refractivity contribution in [2.75, 3.05) is 0 Å². The summed E-state index contributed by atoms with van der Waals surface area (Å²) in [5, 5.41) is 18.2. The third-order valence-electron chi connectivity index (χ3n) is 4.60. The van der Waals surface area contributed by atoms with Gasteiger partial charge >= 0.3 is 11.7 Å². The Balaban J connectivity index is 1.76. The monoisotopic (exact) mass is 386 g/mol. The maximum Gasteiger partial charge on any atom is 0.344 e. The van der Waals surface area contributed by atoms with Crippen molar-refractivity contribution in [1.82, 2.24) is 25.5 Å². The molecule has 0 radical (unpaired) electrons. The highest BCUT2D eigenvalue weighted by Crippen LogP contribution is 2.27. The van der Waals surface area contributed by atoms with Crippen molar-refractivity contribution in [1.29, 1.82) is 0 Å². The standard InChI is InChI=1S/C17H18N6O5/c1-10-14(23(27)28)11(2)21(19-10)9-13(24)20-22-15(25)17(3,18-16(22)26)12-7-5-4-6-8-12/h4-8H,9H2,1-3H3,(H,18,26)(H,20,24)/t17-/m1/s1. The average Bonchev–Trinajstić information content (AvgIpc) is 3.03. The molecule has 0 bridgehead atoms. The first-order valence-corrected chi connectivity index (χ1v) is 8.35. The number of nitrogens with zero attached hydrogens (tertiary/aromatic N) is 4. The number of rotatable bonds is 5. The van der Waals surface area contributed by atoms with Gasteiger partial charge in [-0.1, -0.05) is 30.3 Å². The van der Waals surface area contributed by atoms with Crippen molar-refractivity contribution in [2.24, 2.45) is 0 Å². The molecule has 1 aromatic heterocycles. The van der Waals surface area contributed by atoms with Gasteiger partial charge in [-0.15, -0.1) is 0 Å². The summed E-state index contributed by atoms with van der Waals surface area (Å²) in [5.74, 6) is -1.36. The van der Waals surface area contributed by atoms with Crippen molar-refractivity contribution in [3.63, 3.8) is 0 Å². The van der Waals surface area contributed by atoms with Gasteiger partial charge in [-0.3, -0.25) is 29.8 Å². The number of aromatic nitrogens is 2. The minimum Gasteiger partial charge on any atom is -0.318 e. The van der Waals surface area contributed by atoms with Crippen LogP contribution in [-0.4, -0.2) is 37.6 Å². The molecule has 0 unspecified atom stereocenters. The zero-order chi connectivity index (χ0) is 20.6. The lowest BCUT2D eigenvalue weighted by Crippen LogP contribution is -2.49. The van der Waals surface area contributed by atoms with Crippen LogP contribution in [0.3, 0.4) is 0 Å². The van der Waals surface area contributed by atoms with Gasteiger partial charge in [0, 0.05) is 0 Å². The molecule has 4 amide bonds. The summed E-state index contributed by atoms with van der Waals surface area (Å²) in [4.78, 5) is 47.8. The van der Waals surface area contributed by atoms with Gasteiger partial charge in [0.2, 0.25) is 0 Å². The lowest BCUT2D eigenvalue weighted by atomic mass is 9.92. The number of amides is 4. The van der Waals surface area contributed by atoms with Gasteiger partial charge in [-0.05, 0) is 26.3 Å². The van der Waals surface area contributed by atoms with E-state index in [1.807, 2.05) is 0 Å². The number of hydrogen-bond donors (Lipinski definition) is 2. The number of urea groups is 1. The molecule has 1 saturated heterocycles. The Hall–Kier alpha value is -3.76. The summed E-state index contributed by atoms with van der Waals surface area (Å²) >= 11 is 0. The largest absolute Gasteiger partial charge is 0.344 e. The van der Waals surface area contributed by atoms with E-state index in [4.69, 9.17) is 0 Å². The van der Waals surface area contributed by atoms with Crippen molar-refractivity contribution < 1.29 is 19.3 Å². The predicted molar refractivity (Wildman–Crippen MR) is 95.7 cm³/mol. The van der Waals surface area contributed by atoms with Crippen molar-refractivity contribution in [2.45, 2.75) is 32.9 Å². The van der Waals surface area contributed by atoms with E-state index in [1.165, 1.54) is 13.8 Å². The highest BCUT2D eigenvalue weighted by Gasteiger charge is 2.50. The number of hydrogen-bond acceptors (Lipinski definition) is 6. The number of benzene rings is 1. The van der Waals surface area contributed by atoms with E-state index < -0.39 is 28.3 Å². The third kappa shape index (κ3) is 3.06. The third-order valence-corrected chi connectivity index (χ3v) is 4.60. The normalized spacial score (nSPS) is 18.9. The number of hydrazine groups is 1. The predicted octanol–water partition coefficient (Wildman–Crippen LogP) is 0.907. The molecule has 2 N–H and O–H groups in total. The average molecular weight is 386 g/mol. The summed E-state index contributed by atoms with van der Waals surface area (Å²) in [5.41, 5.74) is 1.68. The van der Waals surface area contributed by atoms with Crippen LogP contribution in [0.1, 0.15) is 23.9 Å². The van der Waals surface area contributed by atoms with E-state index in [9.17, 15) is 24.5 Å². The second-order valence-corrected chi connectivity index (χ2v) is 6.53. The molecule has 2 heterocycles. The highest BCUT2D eigenvalue weighted by molar-refractivity contribution is 6.08. The Morgan fingerprint density at radius 1 is 1.29 bits per heavy atom. The number of nitrogens with one attached hydrogen (secondary N) is 2. The van der Waals surface area contributed by atoms with E-state index in [0.29, 0.717) is 10.6 Å². The molecule has 1 atom stereocenters. The van der Waals surface area contributed by atoms with Crippen molar-refractivity contribution in [3.8, 4) is 0 Å². The van der Waals surface area contributed by atoms with E-state index >= 15 is 0 Å². The fraction of sp³-hybridized carbons (Fsp3) is 0.294. The second kappa shape index (κ2) is 6.76. The van der Waals surface area contributed by atoms with Crippen LogP contribution in [0.4, 0.5) is 10.5 Å². The molecule has 2 aromatic rings. The van der Waals surface area contributed by atoms with Gasteiger partial charge in [-0.2, -0.15) is 10.1 Å². The smallest absolute Gasteiger partial charge is 0.318 e. The fourth-order valence-electron chi connectivity index (χ4n) is 3.11. The molecule has 28 heavy (non-hydrogen) atoms. The van der Waals surface area contributed by atoms with Gasteiger partial charge in [0.25, 0.3) is 11.8 Å². The van der Waals surface area contributed by atoms with E-state index in [1.54, 1.807) is 37.3 Å². The number of aryl methyl sites for hydroxylation is 1. The van der Waals surface area contributed by atoms with E-state index in [2.05, 4.69) is 15.8 Å². The molecule has 3 rings (SSSR count). The highest BCUT2D eigenvalue weighted by atomic mass is 16.6. The first kappa shape index (κ1) is 19.0. The van der Waals surface area contributed by atoms with E-state index in [-0.39, 0.29) is 23.6 Å². The molecule has 1 aliphatic rings. The van der Waals surface area contributed by atoms with Crippen LogP contribution in [0, 0.1) is 24.0 Å². The van der Waals surface area contributed by atoms with Crippen LogP contribution in [0.2, 0.25) is 0 Å². The number of imide groups is 1. The van der Waals surface area contributed by atoms with Crippen LogP contribution in [0.15, 0.2) is 30.3 Å². The molecular formula is C17H18N6O5. The maximum absolute atomic E-state index is 12.8. The fourth-order valence-corrected chi connectivity index (χ4v) is 3.11. The number of nitro groups is 1. The molecular weight excluding hydrogens is 368 g/mol. The van der Waals surface area contributed by atoms with Gasteiger partial charge in [0.1, 0.15) is 23.5 Å². The SMILES string of the molecule is Cc1nn(CC(=O)NN2C(=O)N[C@](C)(c3ccccc3)C2=O)c(C)c1[N+](=O)[O-]. The summed E-state index contributed by atoms with van der Waals surface area (Å²) < 4.78 is 1.15. The van der Waals surface area contributed by atoms with Crippen LogP contribution >= 0.6 is 0 Å². The van der Waals surface area contributed by atoms with Crippen LogP contribution in [-0.2, 0) is 21.7 Å². The molecule has 0 spiro atoms. The first-order chi connectivity index (χ1) is 13.1. The summed E-state index contributed by atoms with van der Waals surface area (Å²) in [6.07, 6.45) is 0. The zero-order valence-electron chi connectivity index (χ0n) is 15.4. The van der Waals surface area contributed by atoms with Crippen LogP contribution in [0.25, 0.3) is 0 Å². The minimum atomic E-state index is -1.32. The summed E-state index contributed by atoms with van der Waals surface area (Å²) in [7, 11) is 0. The lowest BCUT2D eigenvalue weighted by molar-refractivity contribution is -0.386. The maximum atomic E-state index is 12.8. The van der Waals surface area contributed by atoms with Crippen molar-refractivity contribution >= 4 is 23.5 Å². The van der Waals surface area contributed by atoms with E-state index in [0.717, 1.165) is 4.68 Å². The molecule has 1 aromatic carbocycles. The molecule has 1 aliphatic heterocycles. The second-order valence-electron chi connectivity index (χ2n) is 6.53. The van der Waals surface area contributed by atoms with Crippen molar-refractivity contribution in [3.05, 3.63) is 57.4 Å². The Bertz CT molecular complexity index is 985. The number of carbonyl (C=O) groups is 3. The Morgan fingerprint density at radius 2 is 1.93 bits per heavy atom. The number of carbonyl (C=O) groups excluding carboxylic acids is 3. The quantitative estimate of drug-likeness (QED) is 0.445. The Labute approximate surface area is 159 Å². The Morgan fingerprint density at radius 3 is 2.50 bits per heavy atom. The zero-order valence-corrected chi connectivity index (χ0v) is 15.4. The molecule has 11 nitrogen and oxygen atoms in total. The first-order valence-electron chi connectivity index (χ1n) is 8.35. The molecule has 0 saturated carbocycles.